The van der Waals surface area contributed by atoms with Crippen LogP contribution < -0.4 is 5.32 Å². The maximum atomic E-state index is 12.0. The zero-order valence-electron chi connectivity index (χ0n) is 9.40. The van der Waals surface area contributed by atoms with Gasteiger partial charge in [0.2, 0.25) is 0 Å². The third kappa shape index (κ3) is 2.25. The van der Waals surface area contributed by atoms with Gasteiger partial charge in [0, 0.05) is 6.04 Å². The number of aryl methyl sites for hydroxylation is 1. The Hall–Kier alpha value is -1.20. The summed E-state index contributed by atoms with van der Waals surface area (Å²) in [7, 11) is 0. The molecule has 3 rings (SSSR count). The predicted molar refractivity (Wildman–Crippen MR) is 70.7 cm³/mol. The maximum absolute atomic E-state index is 12.0. The van der Waals surface area contributed by atoms with Crippen molar-refractivity contribution in [2.75, 3.05) is 0 Å². The lowest BCUT2D eigenvalue weighted by molar-refractivity contribution is 0.0954. The molecule has 1 N–H and O–H groups in total. The average Bonchev–Trinajstić information content (AvgIpc) is 2.83. The van der Waals surface area contributed by atoms with Crippen molar-refractivity contribution >= 4 is 28.6 Å². The number of aromatic nitrogens is 1. The molecule has 0 atom stereocenters. The van der Waals surface area contributed by atoms with Gasteiger partial charge in [0.1, 0.15) is 9.88 Å². The van der Waals surface area contributed by atoms with Crippen molar-refractivity contribution in [3.05, 3.63) is 28.1 Å². The molecule has 1 saturated carbocycles. The van der Waals surface area contributed by atoms with Crippen molar-refractivity contribution in [2.45, 2.75) is 25.8 Å². The minimum absolute atomic E-state index is 0.0327. The monoisotopic (exact) mass is 264 g/mol. The van der Waals surface area contributed by atoms with Crippen LogP contribution in [0.4, 0.5) is 0 Å². The Morgan fingerprint density at radius 1 is 1.53 bits per heavy atom. The molecule has 1 amide bonds. The quantitative estimate of drug-likeness (QED) is 0.925. The maximum Gasteiger partial charge on any atom is 0.263 e. The average molecular weight is 264 g/mol. The standard InChI is InChI=1S/C12H12N2OS2/c1-7-10(11(15)14-8-4-5-8)17-12(13-7)9-3-2-6-16-9/h2-3,6,8H,4-5H2,1H3,(H,14,15). The van der Waals surface area contributed by atoms with Crippen molar-refractivity contribution < 1.29 is 4.79 Å². The number of thiazole rings is 1. The van der Waals surface area contributed by atoms with Crippen LogP contribution >= 0.6 is 22.7 Å². The molecule has 1 fully saturated rings. The third-order valence-corrected chi connectivity index (χ3v) is 4.84. The SMILES string of the molecule is Cc1nc(-c2cccs2)sc1C(=O)NC1CC1. The van der Waals surface area contributed by atoms with Crippen molar-refractivity contribution in [1.82, 2.24) is 10.3 Å². The molecular formula is C12H12N2OS2. The highest BCUT2D eigenvalue weighted by molar-refractivity contribution is 7.22. The fourth-order valence-corrected chi connectivity index (χ4v) is 3.36. The van der Waals surface area contributed by atoms with Crippen LogP contribution in [0.15, 0.2) is 17.5 Å². The van der Waals surface area contributed by atoms with Crippen LogP contribution in [0.2, 0.25) is 0 Å². The highest BCUT2D eigenvalue weighted by Gasteiger charge is 2.26. The van der Waals surface area contributed by atoms with E-state index < -0.39 is 0 Å². The van der Waals surface area contributed by atoms with E-state index in [1.165, 1.54) is 11.3 Å². The Bertz CT molecular complexity index is 541. The number of thiophene rings is 1. The molecule has 0 bridgehead atoms. The lowest BCUT2D eigenvalue weighted by Gasteiger charge is -1.99. The molecule has 2 aromatic heterocycles. The van der Waals surface area contributed by atoms with E-state index in [0.717, 1.165) is 33.3 Å². The van der Waals surface area contributed by atoms with Crippen LogP contribution in [-0.4, -0.2) is 16.9 Å². The van der Waals surface area contributed by atoms with Crippen molar-refractivity contribution in [3.8, 4) is 9.88 Å². The summed E-state index contributed by atoms with van der Waals surface area (Å²) in [4.78, 5) is 18.3. The summed E-state index contributed by atoms with van der Waals surface area (Å²) < 4.78 is 0. The van der Waals surface area contributed by atoms with Crippen molar-refractivity contribution in [3.63, 3.8) is 0 Å². The van der Waals surface area contributed by atoms with E-state index in [2.05, 4.69) is 10.3 Å². The first-order valence-corrected chi connectivity index (χ1v) is 7.26. The zero-order valence-corrected chi connectivity index (χ0v) is 11.0. The summed E-state index contributed by atoms with van der Waals surface area (Å²) in [5.74, 6) is 0.0327. The van der Waals surface area contributed by atoms with E-state index in [4.69, 9.17) is 0 Å². The zero-order chi connectivity index (χ0) is 11.8. The molecule has 2 heterocycles. The van der Waals surface area contributed by atoms with Gasteiger partial charge >= 0.3 is 0 Å². The minimum atomic E-state index is 0.0327. The second-order valence-corrected chi connectivity index (χ2v) is 6.11. The number of carbonyl (C=O) groups excluding carboxylic acids is 1. The first-order chi connectivity index (χ1) is 8.24. The molecule has 0 unspecified atom stereocenters. The summed E-state index contributed by atoms with van der Waals surface area (Å²) in [6.07, 6.45) is 2.22. The number of amides is 1. The number of nitrogens with one attached hydrogen (secondary N) is 1. The number of rotatable bonds is 3. The number of hydrogen-bond acceptors (Lipinski definition) is 4. The molecule has 0 aromatic carbocycles. The van der Waals surface area contributed by atoms with Crippen molar-refractivity contribution in [2.24, 2.45) is 0 Å². The van der Waals surface area contributed by atoms with Crippen LogP contribution in [0, 0.1) is 6.92 Å². The van der Waals surface area contributed by atoms with E-state index in [0.29, 0.717) is 6.04 Å². The molecule has 88 valence electrons. The van der Waals surface area contributed by atoms with Crippen LogP contribution in [-0.2, 0) is 0 Å². The van der Waals surface area contributed by atoms with E-state index in [9.17, 15) is 4.79 Å². The smallest absolute Gasteiger partial charge is 0.263 e. The van der Waals surface area contributed by atoms with Gasteiger partial charge in [-0.25, -0.2) is 4.98 Å². The van der Waals surface area contributed by atoms with Crippen LogP contribution in [0.25, 0.3) is 9.88 Å². The van der Waals surface area contributed by atoms with Gasteiger partial charge in [0.25, 0.3) is 5.91 Å². The highest BCUT2D eigenvalue weighted by Crippen LogP contribution is 2.31. The Morgan fingerprint density at radius 2 is 2.35 bits per heavy atom. The summed E-state index contributed by atoms with van der Waals surface area (Å²) in [6, 6.07) is 4.43. The summed E-state index contributed by atoms with van der Waals surface area (Å²) in [6.45, 7) is 1.90. The minimum Gasteiger partial charge on any atom is -0.349 e. The largest absolute Gasteiger partial charge is 0.349 e. The normalized spacial score (nSPS) is 14.9. The van der Waals surface area contributed by atoms with Gasteiger partial charge in [0.15, 0.2) is 0 Å². The molecule has 5 heteroatoms. The highest BCUT2D eigenvalue weighted by atomic mass is 32.1. The fraction of sp³-hybridized carbons (Fsp3) is 0.333. The second kappa shape index (κ2) is 4.23. The van der Waals surface area contributed by atoms with Gasteiger partial charge in [-0.15, -0.1) is 22.7 Å². The lowest BCUT2D eigenvalue weighted by Crippen LogP contribution is -2.25. The first-order valence-electron chi connectivity index (χ1n) is 5.56. The molecule has 2 aromatic rings. The van der Waals surface area contributed by atoms with Crippen LogP contribution in [0.5, 0.6) is 0 Å². The van der Waals surface area contributed by atoms with Gasteiger partial charge in [0.05, 0.1) is 10.6 Å². The van der Waals surface area contributed by atoms with E-state index >= 15 is 0 Å². The first kappa shape index (κ1) is 10.9. The molecule has 3 nitrogen and oxygen atoms in total. The second-order valence-electron chi connectivity index (χ2n) is 4.16. The molecule has 17 heavy (non-hydrogen) atoms. The van der Waals surface area contributed by atoms with E-state index in [-0.39, 0.29) is 5.91 Å². The van der Waals surface area contributed by atoms with Gasteiger partial charge in [-0.3, -0.25) is 4.79 Å². The van der Waals surface area contributed by atoms with Gasteiger partial charge in [-0.2, -0.15) is 0 Å². The molecule has 1 aliphatic carbocycles. The number of carbonyl (C=O) groups is 1. The van der Waals surface area contributed by atoms with Crippen LogP contribution in [0.3, 0.4) is 0 Å². The molecule has 1 aliphatic rings. The summed E-state index contributed by atoms with van der Waals surface area (Å²) in [5, 5.41) is 5.97. The Balaban J connectivity index is 1.87. The Morgan fingerprint density at radius 3 is 3.00 bits per heavy atom. The van der Waals surface area contributed by atoms with Gasteiger partial charge in [-0.1, -0.05) is 6.07 Å². The predicted octanol–water partition coefficient (Wildman–Crippen LogP) is 3.07. The van der Waals surface area contributed by atoms with Gasteiger partial charge in [-0.05, 0) is 31.2 Å². The third-order valence-electron chi connectivity index (χ3n) is 2.65. The van der Waals surface area contributed by atoms with Gasteiger partial charge < -0.3 is 5.32 Å². The molecule has 0 saturated heterocycles. The van der Waals surface area contributed by atoms with Crippen LogP contribution in [0.1, 0.15) is 28.2 Å². The topological polar surface area (TPSA) is 42.0 Å². The summed E-state index contributed by atoms with van der Waals surface area (Å²) in [5.41, 5.74) is 0.830. The Kier molecular flexibility index (Phi) is 2.72. The molecule has 0 spiro atoms. The molecule has 0 radical (unpaired) electrons. The Labute approximate surface area is 108 Å². The molecular weight excluding hydrogens is 252 g/mol. The number of nitrogens with zero attached hydrogens (tertiary/aromatic N) is 1. The molecule has 0 aliphatic heterocycles. The summed E-state index contributed by atoms with van der Waals surface area (Å²) >= 11 is 3.13. The van der Waals surface area contributed by atoms with Crippen molar-refractivity contribution in [1.29, 1.82) is 0 Å². The fourth-order valence-electron chi connectivity index (χ4n) is 1.59. The van der Waals surface area contributed by atoms with E-state index in [1.807, 2.05) is 24.4 Å². The lowest BCUT2D eigenvalue weighted by atomic mass is 10.3. The van der Waals surface area contributed by atoms with E-state index in [1.54, 1.807) is 11.3 Å². The number of hydrogen-bond donors (Lipinski definition) is 1.